The molecule has 2 aromatic heterocycles. The topological polar surface area (TPSA) is 93.5 Å². The molecule has 1 aliphatic rings. The molecule has 1 N–H and O–H groups in total. The molecule has 0 unspecified atom stereocenters. The minimum Gasteiger partial charge on any atom is -0.379 e. The Balaban J connectivity index is 0.00000341. The maximum absolute atomic E-state index is 12.6. The predicted octanol–water partition coefficient (Wildman–Crippen LogP) is 2.29. The van der Waals surface area contributed by atoms with Gasteiger partial charge in [0.1, 0.15) is 5.69 Å². The van der Waals surface area contributed by atoms with Gasteiger partial charge in [-0.05, 0) is 24.6 Å². The summed E-state index contributed by atoms with van der Waals surface area (Å²) in [5, 5.41) is 2.87. The van der Waals surface area contributed by atoms with Gasteiger partial charge in [-0.25, -0.2) is 0 Å². The first kappa shape index (κ1) is 21.9. The summed E-state index contributed by atoms with van der Waals surface area (Å²) >= 11 is 0. The summed E-state index contributed by atoms with van der Waals surface area (Å²) < 4.78 is 6.91. The first-order valence-electron chi connectivity index (χ1n) is 10.2. The number of hydrogen-bond donors (Lipinski definition) is 1. The number of pyridine rings is 2. The average molecular weight is 415 g/mol. The number of carbonyl (C=O) groups is 2. The first-order chi connectivity index (χ1) is 14.4. The van der Waals surface area contributed by atoms with Crippen molar-refractivity contribution in [3.05, 3.63) is 46.6 Å². The Hall–Kier alpha value is -2.84. The van der Waals surface area contributed by atoms with Gasteiger partial charge >= 0.3 is 0 Å². The number of anilines is 1. The zero-order chi connectivity index (χ0) is 21.7. The van der Waals surface area contributed by atoms with Crippen molar-refractivity contribution in [2.45, 2.75) is 27.3 Å². The van der Waals surface area contributed by atoms with Crippen LogP contribution in [0.25, 0.3) is 11.1 Å². The number of hydrogen-bond acceptors (Lipinski definition) is 6. The lowest BCUT2D eigenvalue weighted by Crippen LogP contribution is -2.41. The monoisotopic (exact) mass is 414 g/mol. The molecule has 1 amide bonds. The van der Waals surface area contributed by atoms with Crippen LogP contribution in [0.1, 0.15) is 32.7 Å². The van der Waals surface area contributed by atoms with Crippen molar-refractivity contribution >= 4 is 17.4 Å². The van der Waals surface area contributed by atoms with E-state index in [2.05, 4.69) is 10.3 Å². The Morgan fingerprint density at radius 1 is 1.23 bits per heavy atom. The molecule has 1 saturated heterocycles. The molecule has 3 heterocycles. The van der Waals surface area contributed by atoms with E-state index in [4.69, 9.17) is 4.74 Å². The fourth-order valence-corrected chi connectivity index (χ4v) is 3.29. The van der Waals surface area contributed by atoms with E-state index in [1.54, 1.807) is 42.9 Å². The smallest absolute Gasteiger partial charge is 0.250 e. The molecule has 8 heteroatoms. The highest BCUT2D eigenvalue weighted by atomic mass is 16.5. The van der Waals surface area contributed by atoms with Gasteiger partial charge in [0.25, 0.3) is 5.56 Å². The summed E-state index contributed by atoms with van der Waals surface area (Å²) in [4.78, 5) is 43.5. The summed E-state index contributed by atoms with van der Waals surface area (Å²) in [6.07, 6.45) is 3.36. The van der Waals surface area contributed by atoms with Gasteiger partial charge in [-0.15, -0.1) is 0 Å². The van der Waals surface area contributed by atoms with E-state index < -0.39 is 0 Å². The third-order valence-electron chi connectivity index (χ3n) is 5.05. The largest absolute Gasteiger partial charge is 0.379 e. The lowest BCUT2D eigenvalue weighted by Gasteiger charge is -2.26. The van der Waals surface area contributed by atoms with Crippen molar-refractivity contribution in [1.82, 2.24) is 14.5 Å². The highest BCUT2D eigenvalue weighted by molar-refractivity contribution is 6.05. The SMILES string of the molecule is CCn1cc(-c2cnc(C(=O)C(C)C)c(NC(=O)CN3CCOCC3)c2)ccc1=O.[HH]. The van der Waals surface area contributed by atoms with Gasteiger partial charge in [0.15, 0.2) is 5.78 Å². The molecule has 1 aliphatic heterocycles. The highest BCUT2D eigenvalue weighted by Gasteiger charge is 2.21. The lowest BCUT2D eigenvalue weighted by atomic mass is 10.0. The zero-order valence-electron chi connectivity index (χ0n) is 17.7. The van der Waals surface area contributed by atoms with E-state index in [1.165, 1.54) is 6.07 Å². The molecule has 0 aromatic carbocycles. The van der Waals surface area contributed by atoms with Crippen LogP contribution in [0.5, 0.6) is 0 Å². The number of ketones is 1. The fraction of sp³-hybridized carbons (Fsp3) is 0.455. The van der Waals surface area contributed by atoms with E-state index in [1.807, 2.05) is 11.8 Å². The molecule has 0 atom stereocenters. The van der Waals surface area contributed by atoms with Gasteiger partial charge in [0.2, 0.25) is 5.91 Å². The molecule has 162 valence electrons. The highest BCUT2D eigenvalue weighted by Crippen LogP contribution is 2.25. The number of nitrogens with one attached hydrogen (secondary N) is 1. The number of aromatic nitrogens is 2. The van der Waals surface area contributed by atoms with Gasteiger partial charge in [0, 0.05) is 51.0 Å². The number of aryl methyl sites for hydroxylation is 1. The zero-order valence-corrected chi connectivity index (χ0v) is 17.7. The van der Waals surface area contributed by atoms with E-state index in [0.717, 1.165) is 11.1 Å². The molecule has 30 heavy (non-hydrogen) atoms. The third kappa shape index (κ3) is 5.20. The van der Waals surface area contributed by atoms with Crippen LogP contribution < -0.4 is 10.9 Å². The number of rotatable bonds is 7. The molecule has 0 aliphatic carbocycles. The number of carbonyl (C=O) groups excluding carboxylic acids is 2. The second-order valence-electron chi connectivity index (χ2n) is 7.62. The molecule has 0 bridgehead atoms. The van der Waals surface area contributed by atoms with Crippen LogP contribution in [-0.2, 0) is 16.1 Å². The fourth-order valence-electron chi connectivity index (χ4n) is 3.29. The van der Waals surface area contributed by atoms with Gasteiger partial charge in [-0.2, -0.15) is 0 Å². The van der Waals surface area contributed by atoms with Crippen LogP contribution in [0.15, 0.2) is 35.4 Å². The Kier molecular flexibility index (Phi) is 7.12. The quantitative estimate of drug-likeness (QED) is 0.699. The summed E-state index contributed by atoms with van der Waals surface area (Å²) in [7, 11) is 0. The molecular weight excluding hydrogens is 384 g/mol. The molecule has 8 nitrogen and oxygen atoms in total. The Morgan fingerprint density at radius 2 is 1.97 bits per heavy atom. The second-order valence-corrected chi connectivity index (χ2v) is 7.62. The Bertz CT molecular complexity index is 984. The van der Waals surface area contributed by atoms with E-state index in [-0.39, 0.29) is 36.8 Å². The first-order valence-corrected chi connectivity index (χ1v) is 10.2. The van der Waals surface area contributed by atoms with Crippen molar-refractivity contribution in [2.24, 2.45) is 5.92 Å². The summed E-state index contributed by atoms with van der Waals surface area (Å²) in [6, 6.07) is 4.97. The molecule has 0 saturated carbocycles. The van der Waals surface area contributed by atoms with Gasteiger partial charge < -0.3 is 14.6 Å². The normalized spacial score (nSPS) is 14.7. The van der Waals surface area contributed by atoms with Crippen molar-refractivity contribution in [1.29, 1.82) is 0 Å². The van der Waals surface area contributed by atoms with Crippen LogP contribution >= 0.6 is 0 Å². The maximum Gasteiger partial charge on any atom is 0.250 e. The Labute approximate surface area is 177 Å². The van der Waals surface area contributed by atoms with Crippen molar-refractivity contribution in [2.75, 3.05) is 38.2 Å². The second kappa shape index (κ2) is 9.77. The molecule has 2 aromatic rings. The van der Waals surface area contributed by atoms with E-state index in [9.17, 15) is 14.4 Å². The predicted molar refractivity (Wildman–Crippen MR) is 117 cm³/mol. The van der Waals surface area contributed by atoms with Gasteiger partial charge in [-0.1, -0.05) is 13.8 Å². The molecule has 0 spiro atoms. The number of morpholine rings is 1. The van der Waals surface area contributed by atoms with Gasteiger partial charge in [-0.3, -0.25) is 24.3 Å². The minimum absolute atomic E-state index is 0. The summed E-state index contributed by atoms with van der Waals surface area (Å²) in [5.74, 6) is -0.589. The average Bonchev–Trinajstić information content (AvgIpc) is 2.74. The summed E-state index contributed by atoms with van der Waals surface area (Å²) in [6.45, 7) is 8.87. The van der Waals surface area contributed by atoms with Crippen LogP contribution in [0, 0.1) is 5.92 Å². The molecule has 1 fully saturated rings. The number of ether oxygens (including phenoxy) is 1. The van der Waals surface area contributed by atoms with Crippen molar-refractivity contribution < 1.29 is 15.8 Å². The van der Waals surface area contributed by atoms with E-state index >= 15 is 0 Å². The number of nitrogens with zero attached hydrogens (tertiary/aromatic N) is 3. The molecule has 3 rings (SSSR count). The maximum atomic E-state index is 12.6. The van der Waals surface area contributed by atoms with Gasteiger partial charge in [0.05, 0.1) is 25.4 Å². The standard InChI is InChI=1S/C22H28N4O4.H2/c1-4-26-13-16(5-6-20(26)28)17-11-18(21(23-12-17)22(29)15(2)3)24-19(27)14-25-7-9-30-10-8-25;/h5-6,11-13,15H,4,7-10,14H2,1-3H3,(H,24,27);1H. The van der Waals surface area contributed by atoms with Crippen LogP contribution in [-0.4, -0.2) is 59.0 Å². The third-order valence-corrected chi connectivity index (χ3v) is 5.05. The number of amides is 1. The molecule has 0 radical (unpaired) electrons. The molecular formula is C22H30N4O4. The van der Waals surface area contributed by atoms with Crippen LogP contribution in [0.2, 0.25) is 0 Å². The van der Waals surface area contributed by atoms with Crippen molar-refractivity contribution in [3.8, 4) is 11.1 Å². The van der Waals surface area contributed by atoms with E-state index in [0.29, 0.717) is 38.5 Å². The van der Waals surface area contributed by atoms with Crippen LogP contribution in [0.3, 0.4) is 0 Å². The minimum atomic E-state index is -0.250. The van der Waals surface area contributed by atoms with Crippen LogP contribution in [0.4, 0.5) is 5.69 Å². The number of Topliss-reactive ketones (excluding diaryl/α,β-unsaturated/α-hetero) is 1. The Morgan fingerprint density at radius 3 is 2.63 bits per heavy atom. The lowest BCUT2D eigenvalue weighted by molar-refractivity contribution is -0.118. The van der Waals surface area contributed by atoms with Crippen molar-refractivity contribution in [3.63, 3.8) is 0 Å². The summed E-state index contributed by atoms with van der Waals surface area (Å²) in [5.41, 5.74) is 2.06.